The van der Waals surface area contributed by atoms with Crippen molar-refractivity contribution in [2.45, 2.75) is 6.54 Å². The van der Waals surface area contributed by atoms with Crippen LogP contribution >= 0.6 is 11.3 Å². The standard InChI is InChI=1S/C13H12F2N2O2S/c1-19-13(18)12-10(16)5-11(20-12)17-6-7-2-3-8(14)4-9(7)15/h2-5,17H,6,16H2,1H3. The molecular formula is C13H12F2N2O2S. The number of esters is 1. The fourth-order valence-electron chi connectivity index (χ4n) is 1.59. The summed E-state index contributed by atoms with van der Waals surface area (Å²) in [5, 5.41) is 3.53. The molecule has 106 valence electrons. The van der Waals surface area contributed by atoms with Crippen molar-refractivity contribution in [3.8, 4) is 0 Å². The molecule has 0 atom stereocenters. The van der Waals surface area contributed by atoms with E-state index in [1.807, 2.05) is 0 Å². The molecule has 2 rings (SSSR count). The van der Waals surface area contributed by atoms with Crippen LogP contribution in [0.5, 0.6) is 0 Å². The zero-order valence-electron chi connectivity index (χ0n) is 10.6. The Hall–Kier alpha value is -2.15. The van der Waals surface area contributed by atoms with Crippen molar-refractivity contribution in [2.75, 3.05) is 18.2 Å². The molecule has 1 aromatic heterocycles. The lowest BCUT2D eigenvalue weighted by Crippen LogP contribution is -2.01. The van der Waals surface area contributed by atoms with Gasteiger partial charge in [-0.1, -0.05) is 6.07 Å². The second-order valence-corrected chi connectivity index (χ2v) is 5.03. The van der Waals surface area contributed by atoms with Crippen LogP contribution in [0.1, 0.15) is 15.2 Å². The summed E-state index contributed by atoms with van der Waals surface area (Å²) >= 11 is 1.11. The number of anilines is 2. The van der Waals surface area contributed by atoms with Crippen molar-refractivity contribution < 1.29 is 18.3 Å². The van der Waals surface area contributed by atoms with Crippen LogP contribution in [0.3, 0.4) is 0 Å². The number of rotatable bonds is 4. The normalized spacial score (nSPS) is 10.3. The molecule has 0 fully saturated rings. The highest BCUT2D eigenvalue weighted by Crippen LogP contribution is 2.30. The molecule has 0 amide bonds. The van der Waals surface area contributed by atoms with E-state index in [1.54, 1.807) is 6.07 Å². The van der Waals surface area contributed by atoms with Crippen LogP contribution < -0.4 is 11.1 Å². The van der Waals surface area contributed by atoms with E-state index in [2.05, 4.69) is 10.1 Å². The van der Waals surface area contributed by atoms with Gasteiger partial charge in [0.25, 0.3) is 0 Å². The number of carbonyl (C=O) groups excluding carboxylic acids is 1. The lowest BCUT2D eigenvalue weighted by molar-refractivity contribution is 0.0607. The molecule has 0 saturated carbocycles. The first-order valence-corrected chi connectivity index (χ1v) is 6.48. The number of methoxy groups -OCH3 is 1. The lowest BCUT2D eigenvalue weighted by Gasteiger charge is -2.05. The highest BCUT2D eigenvalue weighted by Gasteiger charge is 2.14. The molecule has 0 radical (unpaired) electrons. The van der Waals surface area contributed by atoms with E-state index in [9.17, 15) is 13.6 Å². The van der Waals surface area contributed by atoms with E-state index < -0.39 is 17.6 Å². The van der Waals surface area contributed by atoms with E-state index in [4.69, 9.17) is 5.73 Å². The van der Waals surface area contributed by atoms with Gasteiger partial charge in [-0.25, -0.2) is 13.6 Å². The van der Waals surface area contributed by atoms with Crippen LogP contribution in [-0.4, -0.2) is 13.1 Å². The molecule has 7 heteroatoms. The van der Waals surface area contributed by atoms with E-state index in [0.29, 0.717) is 16.3 Å². The van der Waals surface area contributed by atoms with Crippen LogP contribution in [-0.2, 0) is 11.3 Å². The summed E-state index contributed by atoms with van der Waals surface area (Å²) in [6, 6.07) is 4.93. The molecule has 0 saturated heterocycles. The highest BCUT2D eigenvalue weighted by molar-refractivity contribution is 7.18. The zero-order valence-corrected chi connectivity index (χ0v) is 11.4. The predicted octanol–water partition coefficient (Wildman–Crippen LogP) is 3.01. The van der Waals surface area contributed by atoms with Gasteiger partial charge >= 0.3 is 5.97 Å². The number of halogens is 2. The molecule has 2 aromatic rings. The van der Waals surface area contributed by atoms with Crippen molar-refractivity contribution in [3.05, 3.63) is 46.3 Å². The Morgan fingerprint density at radius 2 is 2.15 bits per heavy atom. The first kappa shape index (κ1) is 14.3. The molecule has 0 bridgehead atoms. The minimum absolute atomic E-state index is 0.159. The van der Waals surface area contributed by atoms with E-state index in [0.717, 1.165) is 17.4 Å². The van der Waals surface area contributed by atoms with Gasteiger partial charge in [0.05, 0.1) is 17.8 Å². The van der Waals surface area contributed by atoms with E-state index in [1.165, 1.54) is 19.2 Å². The van der Waals surface area contributed by atoms with Gasteiger partial charge in [-0.15, -0.1) is 11.3 Å². The summed E-state index contributed by atoms with van der Waals surface area (Å²) in [4.78, 5) is 11.7. The van der Waals surface area contributed by atoms with Crippen LogP contribution in [0.15, 0.2) is 24.3 Å². The fraction of sp³-hybridized carbons (Fsp3) is 0.154. The third-order valence-electron chi connectivity index (χ3n) is 2.60. The Morgan fingerprint density at radius 3 is 2.80 bits per heavy atom. The van der Waals surface area contributed by atoms with Crippen LogP contribution in [0.2, 0.25) is 0 Å². The maximum Gasteiger partial charge on any atom is 0.350 e. The zero-order chi connectivity index (χ0) is 14.7. The number of nitrogen functional groups attached to an aromatic ring is 1. The number of thiophene rings is 1. The minimum atomic E-state index is -0.629. The topological polar surface area (TPSA) is 64.3 Å². The van der Waals surface area contributed by atoms with Crippen molar-refractivity contribution in [3.63, 3.8) is 0 Å². The molecule has 20 heavy (non-hydrogen) atoms. The summed E-state index contributed by atoms with van der Waals surface area (Å²) in [5.41, 5.74) is 6.30. The smallest absolute Gasteiger partial charge is 0.350 e. The lowest BCUT2D eigenvalue weighted by atomic mass is 10.2. The Morgan fingerprint density at radius 1 is 1.40 bits per heavy atom. The van der Waals surface area contributed by atoms with E-state index >= 15 is 0 Å². The molecule has 1 heterocycles. The Labute approximate surface area is 118 Å². The molecule has 3 N–H and O–H groups in total. The molecule has 0 aliphatic carbocycles. The summed E-state index contributed by atoms with van der Waals surface area (Å²) in [5.74, 6) is -1.77. The fourth-order valence-corrected chi connectivity index (χ4v) is 2.49. The molecule has 4 nitrogen and oxygen atoms in total. The van der Waals surface area contributed by atoms with Crippen LogP contribution in [0, 0.1) is 11.6 Å². The molecule has 0 unspecified atom stereocenters. The second kappa shape index (κ2) is 5.87. The monoisotopic (exact) mass is 298 g/mol. The molecule has 1 aromatic carbocycles. The van der Waals surface area contributed by atoms with Crippen molar-refractivity contribution >= 4 is 28.0 Å². The number of nitrogens with two attached hydrogens (primary N) is 1. The minimum Gasteiger partial charge on any atom is -0.465 e. The van der Waals surface area contributed by atoms with Crippen molar-refractivity contribution in [1.82, 2.24) is 0 Å². The van der Waals surface area contributed by atoms with E-state index in [-0.39, 0.29) is 11.4 Å². The number of nitrogens with one attached hydrogen (secondary N) is 1. The maximum atomic E-state index is 13.4. The largest absolute Gasteiger partial charge is 0.465 e. The predicted molar refractivity (Wildman–Crippen MR) is 73.8 cm³/mol. The summed E-state index contributed by atoms with van der Waals surface area (Å²) < 4.78 is 30.8. The van der Waals surface area contributed by atoms with Gasteiger partial charge in [0.1, 0.15) is 16.5 Å². The van der Waals surface area contributed by atoms with Gasteiger partial charge < -0.3 is 15.8 Å². The average Bonchev–Trinajstić information content (AvgIpc) is 2.78. The Balaban J connectivity index is 2.09. The maximum absolute atomic E-state index is 13.4. The Bertz CT molecular complexity index is 643. The summed E-state index contributed by atoms with van der Waals surface area (Å²) in [6.45, 7) is 0.159. The molecule has 0 aliphatic rings. The van der Waals surface area contributed by atoms with Gasteiger partial charge in [-0.3, -0.25) is 0 Å². The summed E-state index contributed by atoms with van der Waals surface area (Å²) in [7, 11) is 1.27. The third kappa shape index (κ3) is 3.05. The van der Waals surface area contributed by atoms with Gasteiger partial charge in [0, 0.05) is 18.2 Å². The van der Waals surface area contributed by atoms with Gasteiger partial charge in [-0.2, -0.15) is 0 Å². The Kier molecular flexibility index (Phi) is 4.19. The number of hydrogen-bond acceptors (Lipinski definition) is 5. The third-order valence-corrected chi connectivity index (χ3v) is 3.69. The number of carbonyl (C=O) groups is 1. The molecule has 0 spiro atoms. The van der Waals surface area contributed by atoms with Crippen molar-refractivity contribution in [1.29, 1.82) is 0 Å². The van der Waals surface area contributed by atoms with Crippen LogP contribution in [0.25, 0.3) is 0 Å². The molecule has 0 aliphatic heterocycles. The molecular weight excluding hydrogens is 286 g/mol. The number of hydrogen-bond donors (Lipinski definition) is 2. The van der Waals surface area contributed by atoms with Gasteiger partial charge in [-0.05, 0) is 12.1 Å². The highest BCUT2D eigenvalue weighted by atomic mass is 32.1. The first-order valence-electron chi connectivity index (χ1n) is 5.66. The SMILES string of the molecule is COC(=O)c1sc(NCc2ccc(F)cc2F)cc1N. The quantitative estimate of drug-likeness (QED) is 0.852. The first-order chi connectivity index (χ1) is 9.51. The van der Waals surface area contributed by atoms with Crippen molar-refractivity contribution in [2.24, 2.45) is 0 Å². The average molecular weight is 298 g/mol. The van der Waals surface area contributed by atoms with Gasteiger partial charge in [0.15, 0.2) is 0 Å². The number of benzene rings is 1. The van der Waals surface area contributed by atoms with Crippen LogP contribution in [0.4, 0.5) is 19.5 Å². The van der Waals surface area contributed by atoms with Gasteiger partial charge in [0.2, 0.25) is 0 Å². The number of ether oxygens (including phenoxy) is 1. The second-order valence-electron chi connectivity index (χ2n) is 3.98. The summed E-state index contributed by atoms with van der Waals surface area (Å²) in [6.07, 6.45) is 0.